The molecule has 2 aliphatic rings. The molecule has 2 fully saturated rings. The van der Waals surface area contributed by atoms with Crippen molar-refractivity contribution in [2.24, 2.45) is 5.41 Å². The molecule has 1 amide bonds. The van der Waals surface area contributed by atoms with E-state index in [1.165, 1.54) is 0 Å². The molecule has 0 bridgehead atoms. The highest BCUT2D eigenvalue weighted by Crippen LogP contribution is 2.41. The number of hydrogen-bond donors (Lipinski definition) is 0. The molecule has 2 saturated heterocycles. The van der Waals surface area contributed by atoms with Gasteiger partial charge in [0.25, 0.3) is 0 Å². The Morgan fingerprint density at radius 1 is 1.22 bits per heavy atom. The summed E-state index contributed by atoms with van der Waals surface area (Å²) >= 11 is 0. The predicted molar refractivity (Wildman–Crippen MR) is 69.6 cm³/mol. The van der Waals surface area contributed by atoms with Gasteiger partial charge in [0.05, 0.1) is 5.75 Å². The molecule has 0 saturated carbocycles. The Kier molecular flexibility index (Phi) is 3.69. The number of carbonyl (C=O) groups excluding carboxylic acids is 1. The number of carbonyl (C=O) groups is 1. The molecule has 0 atom stereocenters. The lowest BCUT2D eigenvalue weighted by Gasteiger charge is -2.37. The van der Waals surface area contributed by atoms with Crippen LogP contribution in [0.3, 0.4) is 0 Å². The van der Waals surface area contributed by atoms with E-state index in [0.29, 0.717) is 19.5 Å². The molecule has 0 N–H and O–H groups in total. The lowest BCUT2D eigenvalue weighted by molar-refractivity contribution is -0.127. The molecule has 5 nitrogen and oxygen atoms in total. The molecule has 6 heteroatoms. The maximum atomic E-state index is 11.8. The minimum Gasteiger partial charge on any atom is -0.342 e. The molecule has 2 heterocycles. The van der Waals surface area contributed by atoms with E-state index in [-0.39, 0.29) is 17.1 Å². The van der Waals surface area contributed by atoms with Gasteiger partial charge in [-0.1, -0.05) is 0 Å². The van der Waals surface area contributed by atoms with Gasteiger partial charge in [-0.15, -0.1) is 0 Å². The van der Waals surface area contributed by atoms with Gasteiger partial charge in [0.2, 0.25) is 15.9 Å². The quantitative estimate of drug-likeness (QED) is 0.760. The summed E-state index contributed by atoms with van der Waals surface area (Å²) < 4.78 is 25.2. The van der Waals surface area contributed by atoms with Crippen molar-refractivity contribution in [3.8, 4) is 0 Å². The van der Waals surface area contributed by atoms with Gasteiger partial charge in [0.15, 0.2) is 0 Å². The average Bonchev–Trinajstić information content (AvgIpc) is 2.66. The van der Waals surface area contributed by atoms with E-state index in [1.807, 2.05) is 11.8 Å². The first-order valence-electron chi connectivity index (χ1n) is 6.68. The molecule has 1 spiro atoms. The summed E-state index contributed by atoms with van der Waals surface area (Å²) in [5, 5.41) is 0. The van der Waals surface area contributed by atoms with Crippen LogP contribution in [0.15, 0.2) is 0 Å². The Labute approximate surface area is 109 Å². The normalized spacial score (nSPS) is 25.0. The Hall–Kier alpha value is -0.620. The summed E-state index contributed by atoms with van der Waals surface area (Å²) in [7, 11) is -3.07. The maximum absolute atomic E-state index is 11.8. The van der Waals surface area contributed by atoms with E-state index >= 15 is 0 Å². The Bertz CT molecular complexity index is 425. The molecular weight excluding hydrogens is 252 g/mol. The summed E-state index contributed by atoms with van der Waals surface area (Å²) in [6, 6.07) is 0. The first-order valence-corrected chi connectivity index (χ1v) is 8.29. The van der Waals surface area contributed by atoms with Crippen molar-refractivity contribution in [1.82, 2.24) is 9.21 Å². The lowest BCUT2D eigenvalue weighted by atomic mass is 9.78. The maximum Gasteiger partial charge on any atom is 0.223 e. The van der Waals surface area contributed by atoms with Gasteiger partial charge in [0.1, 0.15) is 0 Å². The van der Waals surface area contributed by atoms with Crippen molar-refractivity contribution in [3.05, 3.63) is 0 Å². The van der Waals surface area contributed by atoms with Crippen LogP contribution in [0.5, 0.6) is 0 Å². The van der Waals surface area contributed by atoms with Crippen LogP contribution in [0.1, 0.15) is 33.1 Å². The van der Waals surface area contributed by atoms with Gasteiger partial charge in [-0.3, -0.25) is 4.79 Å². The van der Waals surface area contributed by atoms with Gasteiger partial charge in [-0.25, -0.2) is 12.7 Å². The second-order valence-electron chi connectivity index (χ2n) is 5.38. The van der Waals surface area contributed by atoms with Gasteiger partial charge >= 0.3 is 0 Å². The Balaban J connectivity index is 2.01. The second kappa shape index (κ2) is 4.81. The van der Waals surface area contributed by atoms with E-state index in [2.05, 4.69) is 0 Å². The lowest BCUT2D eigenvalue weighted by Crippen LogP contribution is -2.44. The van der Waals surface area contributed by atoms with Crippen LogP contribution in [0, 0.1) is 5.41 Å². The molecule has 104 valence electrons. The zero-order chi connectivity index (χ0) is 13.4. The number of sulfonamides is 1. The van der Waals surface area contributed by atoms with Crippen molar-refractivity contribution in [2.45, 2.75) is 33.1 Å². The average molecular weight is 274 g/mol. The zero-order valence-electron chi connectivity index (χ0n) is 11.2. The van der Waals surface area contributed by atoms with Gasteiger partial charge < -0.3 is 4.90 Å². The molecule has 0 aromatic rings. The first kappa shape index (κ1) is 13.8. The minimum atomic E-state index is -3.07. The predicted octanol–water partition coefficient (Wildman–Crippen LogP) is 0.671. The number of likely N-dealkylation sites (tertiary alicyclic amines) is 1. The van der Waals surface area contributed by atoms with E-state index in [1.54, 1.807) is 11.2 Å². The topological polar surface area (TPSA) is 57.7 Å². The minimum absolute atomic E-state index is 0.0346. The highest BCUT2D eigenvalue weighted by atomic mass is 32.2. The van der Waals surface area contributed by atoms with Crippen molar-refractivity contribution >= 4 is 15.9 Å². The first-order chi connectivity index (χ1) is 8.42. The second-order valence-corrected chi connectivity index (χ2v) is 7.64. The fourth-order valence-electron chi connectivity index (χ4n) is 3.03. The van der Waals surface area contributed by atoms with Crippen molar-refractivity contribution in [3.63, 3.8) is 0 Å². The SMILES string of the molecule is CCN1CC2(CCN(S(=O)(=O)CC)CC2)CC1=O. The van der Waals surface area contributed by atoms with Crippen LogP contribution < -0.4 is 0 Å². The third-order valence-electron chi connectivity index (χ3n) is 4.33. The molecule has 0 aromatic carbocycles. The smallest absolute Gasteiger partial charge is 0.223 e. The van der Waals surface area contributed by atoms with E-state index in [0.717, 1.165) is 25.9 Å². The van der Waals surface area contributed by atoms with E-state index < -0.39 is 10.0 Å². The van der Waals surface area contributed by atoms with Crippen LogP contribution in [0.4, 0.5) is 0 Å². The third-order valence-corrected chi connectivity index (χ3v) is 6.21. The monoisotopic (exact) mass is 274 g/mol. The molecule has 0 aromatic heterocycles. The molecule has 0 aliphatic carbocycles. The standard InChI is InChI=1S/C12H22N2O3S/c1-3-13-10-12(9-11(13)15)5-7-14(8-6-12)18(16,17)4-2/h3-10H2,1-2H3. The highest BCUT2D eigenvalue weighted by Gasteiger charge is 2.45. The van der Waals surface area contributed by atoms with Crippen molar-refractivity contribution in [2.75, 3.05) is 31.9 Å². The number of hydrogen-bond acceptors (Lipinski definition) is 3. The molecule has 0 unspecified atom stereocenters. The summed E-state index contributed by atoms with van der Waals surface area (Å²) in [6.45, 7) is 6.38. The highest BCUT2D eigenvalue weighted by molar-refractivity contribution is 7.89. The summed E-state index contributed by atoms with van der Waals surface area (Å²) in [5.41, 5.74) is 0.0346. The van der Waals surface area contributed by atoms with Gasteiger partial charge in [0, 0.05) is 32.6 Å². The Morgan fingerprint density at radius 2 is 1.83 bits per heavy atom. The number of nitrogens with zero attached hydrogens (tertiary/aromatic N) is 2. The van der Waals surface area contributed by atoms with E-state index in [9.17, 15) is 13.2 Å². The van der Waals surface area contributed by atoms with Crippen LogP contribution in [0.2, 0.25) is 0 Å². The van der Waals surface area contributed by atoms with E-state index in [4.69, 9.17) is 0 Å². The fraction of sp³-hybridized carbons (Fsp3) is 0.917. The number of piperidine rings is 1. The van der Waals surface area contributed by atoms with Crippen LogP contribution >= 0.6 is 0 Å². The van der Waals surface area contributed by atoms with Crippen molar-refractivity contribution in [1.29, 1.82) is 0 Å². The van der Waals surface area contributed by atoms with Crippen LogP contribution in [-0.4, -0.2) is 55.5 Å². The van der Waals surface area contributed by atoms with Gasteiger partial charge in [-0.2, -0.15) is 0 Å². The van der Waals surface area contributed by atoms with Crippen molar-refractivity contribution < 1.29 is 13.2 Å². The molecule has 0 radical (unpaired) electrons. The molecular formula is C12H22N2O3S. The fourth-order valence-corrected chi connectivity index (χ4v) is 4.13. The number of rotatable bonds is 3. The summed E-state index contributed by atoms with van der Waals surface area (Å²) in [4.78, 5) is 13.7. The largest absolute Gasteiger partial charge is 0.342 e. The Morgan fingerprint density at radius 3 is 2.28 bits per heavy atom. The van der Waals surface area contributed by atoms with Crippen LogP contribution in [0.25, 0.3) is 0 Å². The van der Waals surface area contributed by atoms with Crippen LogP contribution in [-0.2, 0) is 14.8 Å². The molecule has 2 rings (SSSR count). The van der Waals surface area contributed by atoms with Gasteiger partial charge in [-0.05, 0) is 32.1 Å². The molecule has 18 heavy (non-hydrogen) atoms. The summed E-state index contributed by atoms with van der Waals surface area (Å²) in [6.07, 6.45) is 2.23. The summed E-state index contributed by atoms with van der Waals surface area (Å²) in [5.74, 6) is 0.393. The third kappa shape index (κ3) is 2.40. The molecule has 2 aliphatic heterocycles. The zero-order valence-corrected chi connectivity index (χ0v) is 12.0. The number of amides is 1.